The van der Waals surface area contributed by atoms with Gasteiger partial charge in [-0.2, -0.15) is 0 Å². The van der Waals surface area contributed by atoms with Gasteiger partial charge >= 0.3 is 6.03 Å². The number of hydrogen-bond donors (Lipinski definition) is 2. The van der Waals surface area contributed by atoms with E-state index in [1.165, 1.54) is 28.4 Å². The highest BCUT2D eigenvalue weighted by atomic mass is 32.1. The summed E-state index contributed by atoms with van der Waals surface area (Å²) in [6.45, 7) is 1.61. The lowest BCUT2D eigenvalue weighted by Gasteiger charge is -2.22. The molecular weight excluding hydrogens is 307 g/mol. The number of carbonyl (C=O) groups is 1. The zero-order valence-corrected chi connectivity index (χ0v) is 13.1. The normalized spacial score (nSPS) is 12.0. The Morgan fingerprint density at radius 3 is 2.95 bits per heavy atom. The lowest BCUT2D eigenvalue weighted by Crippen LogP contribution is -2.40. The van der Waals surface area contributed by atoms with E-state index in [-0.39, 0.29) is 24.5 Å². The highest BCUT2D eigenvalue weighted by Gasteiger charge is 2.16. The van der Waals surface area contributed by atoms with Crippen molar-refractivity contribution in [2.75, 3.05) is 19.0 Å². The largest absolute Gasteiger partial charge is 0.394 e. The van der Waals surface area contributed by atoms with Gasteiger partial charge in [-0.15, -0.1) is 10.2 Å². The summed E-state index contributed by atoms with van der Waals surface area (Å²) in [5.41, 5.74) is 0.792. The standard InChI is InChI=1S/C14H17FN4O2S/c1-9(8-20)19(2)14(21)16-13-18-17-12(22-13)7-10-4-3-5-11(15)6-10/h3-6,9,20H,7-8H2,1-2H3,(H,16,18,21). The average molecular weight is 324 g/mol. The second-order valence-electron chi connectivity index (χ2n) is 4.88. The average Bonchev–Trinajstić information content (AvgIpc) is 2.92. The van der Waals surface area contributed by atoms with Crippen LogP contribution < -0.4 is 5.32 Å². The third kappa shape index (κ3) is 4.22. The molecule has 0 radical (unpaired) electrons. The summed E-state index contributed by atoms with van der Waals surface area (Å²) in [7, 11) is 1.59. The molecule has 1 heterocycles. The fraction of sp³-hybridized carbons (Fsp3) is 0.357. The second kappa shape index (κ2) is 7.28. The van der Waals surface area contributed by atoms with Gasteiger partial charge in [-0.05, 0) is 24.6 Å². The molecule has 1 unspecified atom stereocenters. The topological polar surface area (TPSA) is 78.4 Å². The molecule has 1 aromatic heterocycles. The highest BCUT2D eigenvalue weighted by Crippen LogP contribution is 2.19. The third-order valence-electron chi connectivity index (χ3n) is 3.17. The molecule has 2 aromatic rings. The Bertz CT molecular complexity index is 649. The molecule has 2 amide bonds. The first kappa shape index (κ1) is 16.3. The number of amides is 2. The Labute approximate surface area is 131 Å². The van der Waals surface area contributed by atoms with E-state index in [1.807, 2.05) is 0 Å². The number of aliphatic hydroxyl groups is 1. The van der Waals surface area contributed by atoms with Crippen molar-refractivity contribution in [3.63, 3.8) is 0 Å². The number of hydrogen-bond acceptors (Lipinski definition) is 5. The summed E-state index contributed by atoms with van der Waals surface area (Å²) >= 11 is 1.23. The zero-order chi connectivity index (χ0) is 16.1. The predicted octanol–water partition coefficient (Wildman–Crippen LogP) is 2.11. The van der Waals surface area contributed by atoms with Gasteiger partial charge < -0.3 is 10.0 Å². The van der Waals surface area contributed by atoms with E-state index in [1.54, 1.807) is 26.1 Å². The van der Waals surface area contributed by atoms with Gasteiger partial charge in [-0.3, -0.25) is 5.32 Å². The predicted molar refractivity (Wildman–Crippen MR) is 82.4 cm³/mol. The molecule has 0 spiro atoms. The number of benzene rings is 1. The fourth-order valence-electron chi connectivity index (χ4n) is 1.70. The van der Waals surface area contributed by atoms with Crippen LogP contribution in [0.25, 0.3) is 0 Å². The fourth-order valence-corrected chi connectivity index (χ4v) is 2.46. The minimum absolute atomic E-state index is 0.120. The van der Waals surface area contributed by atoms with E-state index < -0.39 is 0 Å². The van der Waals surface area contributed by atoms with Gasteiger partial charge in [-0.1, -0.05) is 23.5 Å². The lowest BCUT2D eigenvalue weighted by molar-refractivity contribution is 0.166. The third-order valence-corrected chi connectivity index (χ3v) is 4.01. The van der Waals surface area contributed by atoms with Crippen LogP contribution in [0.4, 0.5) is 14.3 Å². The van der Waals surface area contributed by atoms with Gasteiger partial charge in [0.15, 0.2) is 0 Å². The number of nitrogens with one attached hydrogen (secondary N) is 1. The minimum atomic E-state index is -0.366. The molecule has 2 N–H and O–H groups in total. The van der Waals surface area contributed by atoms with Crippen molar-refractivity contribution in [3.05, 3.63) is 40.7 Å². The molecule has 6 nitrogen and oxygen atoms in total. The number of aromatic nitrogens is 2. The number of anilines is 1. The number of carbonyl (C=O) groups excluding carboxylic acids is 1. The van der Waals surface area contributed by atoms with E-state index in [0.717, 1.165) is 5.56 Å². The van der Waals surface area contributed by atoms with Crippen LogP contribution in [0.1, 0.15) is 17.5 Å². The van der Waals surface area contributed by atoms with Crippen LogP contribution in [0.5, 0.6) is 0 Å². The first-order valence-corrected chi connectivity index (χ1v) is 7.52. The summed E-state index contributed by atoms with van der Waals surface area (Å²) in [6, 6.07) is 5.61. The lowest BCUT2D eigenvalue weighted by atomic mass is 10.1. The summed E-state index contributed by atoms with van der Waals surface area (Å²) in [6.07, 6.45) is 0.453. The Morgan fingerprint density at radius 1 is 1.50 bits per heavy atom. The number of nitrogens with zero attached hydrogens (tertiary/aromatic N) is 3. The quantitative estimate of drug-likeness (QED) is 0.883. The first-order valence-electron chi connectivity index (χ1n) is 6.71. The Balaban J connectivity index is 1.98. The SMILES string of the molecule is CC(CO)N(C)C(=O)Nc1nnc(Cc2cccc(F)c2)s1. The smallest absolute Gasteiger partial charge is 0.323 e. The van der Waals surface area contributed by atoms with Crippen molar-refractivity contribution in [1.82, 2.24) is 15.1 Å². The number of rotatable bonds is 5. The maximum Gasteiger partial charge on any atom is 0.323 e. The molecule has 0 aliphatic heterocycles. The van der Waals surface area contributed by atoms with Gasteiger partial charge in [0.2, 0.25) is 5.13 Å². The second-order valence-corrected chi connectivity index (χ2v) is 5.94. The molecule has 0 saturated heterocycles. The van der Waals surface area contributed by atoms with Gasteiger partial charge in [-0.25, -0.2) is 9.18 Å². The molecule has 118 valence electrons. The van der Waals surface area contributed by atoms with Crippen molar-refractivity contribution >= 4 is 22.5 Å². The maximum atomic E-state index is 13.1. The molecular formula is C14H17FN4O2S. The number of halogens is 1. The van der Waals surface area contributed by atoms with E-state index in [4.69, 9.17) is 5.11 Å². The van der Waals surface area contributed by atoms with Gasteiger partial charge in [0.25, 0.3) is 0 Å². The zero-order valence-electron chi connectivity index (χ0n) is 12.3. The Hall–Kier alpha value is -2.06. The summed E-state index contributed by atoms with van der Waals surface area (Å²) in [5.74, 6) is -0.296. The molecule has 1 aromatic carbocycles. The van der Waals surface area contributed by atoms with Crippen molar-refractivity contribution in [2.45, 2.75) is 19.4 Å². The van der Waals surface area contributed by atoms with Crippen molar-refractivity contribution < 1.29 is 14.3 Å². The number of aliphatic hydroxyl groups excluding tert-OH is 1. The molecule has 0 bridgehead atoms. The van der Waals surface area contributed by atoms with Crippen molar-refractivity contribution in [1.29, 1.82) is 0 Å². The van der Waals surface area contributed by atoms with E-state index in [2.05, 4.69) is 15.5 Å². The van der Waals surface area contributed by atoms with Crippen LogP contribution in [0.2, 0.25) is 0 Å². The summed E-state index contributed by atoms with van der Waals surface area (Å²) < 4.78 is 13.1. The molecule has 0 saturated carbocycles. The first-order chi connectivity index (χ1) is 10.5. The molecule has 0 fully saturated rings. The number of urea groups is 1. The summed E-state index contributed by atoms with van der Waals surface area (Å²) in [4.78, 5) is 13.3. The van der Waals surface area contributed by atoms with E-state index >= 15 is 0 Å². The molecule has 0 aliphatic carbocycles. The maximum absolute atomic E-state index is 13.1. The Morgan fingerprint density at radius 2 is 2.27 bits per heavy atom. The van der Waals surface area contributed by atoms with Crippen LogP contribution in [0.15, 0.2) is 24.3 Å². The van der Waals surface area contributed by atoms with Crippen LogP contribution in [0, 0.1) is 5.82 Å². The van der Waals surface area contributed by atoms with Crippen LogP contribution in [-0.4, -0.2) is 45.9 Å². The number of likely N-dealkylation sites (N-methyl/N-ethyl adjacent to an activating group) is 1. The molecule has 1 atom stereocenters. The van der Waals surface area contributed by atoms with Gasteiger partial charge in [0.1, 0.15) is 10.8 Å². The molecule has 0 aliphatic rings. The van der Waals surface area contributed by atoms with Crippen molar-refractivity contribution in [2.24, 2.45) is 0 Å². The minimum Gasteiger partial charge on any atom is -0.394 e. The van der Waals surface area contributed by atoms with Gasteiger partial charge in [0, 0.05) is 13.5 Å². The van der Waals surface area contributed by atoms with Crippen molar-refractivity contribution in [3.8, 4) is 0 Å². The highest BCUT2D eigenvalue weighted by molar-refractivity contribution is 7.15. The van der Waals surface area contributed by atoms with Crippen LogP contribution in [-0.2, 0) is 6.42 Å². The van der Waals surface area contributed by atoms with E-state index in [0.29, 0.717) is 16.6 Å². The summed E-state index contributed by atoms with van der Waals surface area (Å²) in [5, 5.41) is 20.6. The molecule has 22 heavy (non-hydrogen) atoms. The van der Waals surface area contributed by atoms with Crippen LogP contribution in [0.3, 0.4) is 0 Å². The van der Waals surface area contributed by atoms with Gasteiger partial charge in [0.05, 0.1) is 12.6 Å². The Kier molecular flexibility index (Phi) is 5.40. The monoisotopic (exact) mass is 324 g/mol. The van der Waals surface area contributed by atoms with Crippen LogP contribution >= 0.6 is 11.3 Å². The van der Waals surface area contributed by atoms with E-state index in [9.17, 15) is 9.18 Å². The molecule has 2 rings (SSSR count). The molecule has 8 heteroatoms.